The maximum absolute atomic E-state index is 12.7. The third-order valence-corrected chi connectivity index (χ3v) is 5.48. The number of carbonyl (C=O) groups excluding carboxylic acids is 1. The monoisotopic (exact) mass is 355 g/mol. The Balaban J connectivity index is 1.65. The van der Waals surface area contributed by atoms with E-state index in [0.717, 1.165) is 24.2 Å². The molecule has 1 heterocycles. The summed E-state index contributed by atoms with van der Waals surface area (Å²) in [6.45, 7) is 0.515. The number of aliphatic carboxylic acids is 1. The average molecular weight is 355 g/mol. The van der Waals surface area contributed by atoms with Crippen LogP contribution < -0.4 is 0 Å². The molecule has 4 nitrogen and oxygen atoms in total. The van der Waals surface area contributed by atoms with Gasteiger partial charge in [-0.25, -0.2) is 4.79 Å². The molecule has 1 N–H and O–H groups in total. The van der Waals surface area contributed by atoms with Gasteiger partial charge in [-0.1, -0.05) is 30.3 Å². The molecule has 1 unspecified atom stereocenters. The van der Waals surface area contributed by atoms with E-state index in [-0.39, 0.29) is 5.91 Å². The predicted molar refractivity (Wildman–Crippen MR) is 98.8 cm³/mol. The molecular formula is C20H21NO3S. The highest BCUT2D eigenvalue weighted by molar-refractivity contribution is 7.98. The molecule has 1 atom stereocenters. The van der Waals surface area contributed by atoms with Crippen molar-refractivity contribution in [1.82, 2.24) is 4.90 Å². The molecule has 2 aromatic rings. The maximum Gasteiger partial charge on any atom is 0.326 e. The predicted octanol–water partition coefficient (Wildman–Crippen LogP) is 4.06. The number of carbonyl (C=O) groups is 2. The van der Waals surface area contributed by atoms with Gasteiger partial charge in [0.2, 0.25) is 0 Å². The summed E-state index contributed by atoms with van der Waals surface area (Å²) in [5.74, 6) is -0.266. The summed E-state index contributed by atoms with van der Waals surface area (Å²) in [4.78, 5) is 26.7. The highest BCUT2D eigenvalue weighted by Gasteiger charge is 2.32. The zero-order valence-corrected chi connectivity index (χ0v) is 14.7. The van der Waals surface area contributed by atoms with Crippen LogP contribution in [0.25, 0.3) is 0 Å². The SMILES string of the molecule is O=C(O)C1CCCCN1C(=O)c1ccc(CSc2ccccc2)cc1. The van der Waals surface area contributed by atoms with Crippen LogP contribution in [0.1, 0.15) is 35.2 Å². The van der Waals surface area contributed by atoms with E-state index in [0.29, 0.717) is 18.5 Å². The number of benzene rings is 2. The molecule has 0 radical (unpaired) electrons. The third kappa shape index (κ3) is 4.42. The molecule has 5 heteroatoms. The molecule has 0 saturated carbocycles. The second-order valence-corrected chi connectivity index (χ2v) is 7.20. The lowest BCUT2D eigenvalue weighted by molar-refractivity contribution is -0.143. The number of carboxylic acids is 1. The lowest BCUT2D eigenvalue weighted by atomic mass is 10.0. The van der Waals surface area contributed by atoms with Crippen molar-refractivity contribution in [3.63, 3.8) is 0 Å². The smallest absolute Gasteiger partial charge is 0.326 e. The summed E-state index contributed by atoms with van der Waals surface area (Å²) in [5, 5.41) is 9.33. The van der Waals surface area contributed by atoms with E-state index in [4.69, 9.17) is 0 Å². The number of nitrogens with zero attached hydrogens (tertiary/aromatic N) is 1. The summed E-state index contributed by atoms with van der Waals surface area (Å²) >= 11 is 1.75. The minimum absolute atomic E-state index is 0.186. The van der Waals surface area contributed by atoms with Gasteiger partial charge >= 0.3 is 5.97 Å². The standard InChI is InChI=1S/C20H21NO3S/c22-19(21-13-5-4-8-18(21)20(23)24)16-11-9-15(10-12-16)14-25-17-6-2-1-3-7-17/h1-3,6-7,9-12,18H,4-5,8,13-14H2,(H,23,24). The Morgan fingerprint density at radius 3 is 2.44 bits per heavy atom. The van der Waals surface area contributed by atoms with Crippen molar-refractivity contribution in [2.45, 2.75) is 36.0 Å². The van der Waals surface area contributed by atoms with Gasteiger partial charge in [0.1, 0.15) is 6.04 Å². The second-order valence-electron chi connectivity index (χ2n) is 6.15. The van der Waals surface area contributed by atoms with Crippen LogP contribution in [-0.2, 0) is 10.5 Å². The molecule has 25 heavy (non-hydrogen) atoms. The van der Waals surface area contributed by atoms with Gasteiger partial charge in [0.15, 0.2) is 0 Å². The summed E-state index contributed by atoms with van der Waals surface area (Å²) in [6.07, 6.45) is 2.25. The zero-order chi connectivity index (χ0) is 17.6. The van der Waals surface area contributed by atoms with Crippen LogP contribution >= 0.6 is 11.8 Å². The first-order valence-corrected chi connectivity index (χ1v) is 9.44. The Kier molecular flexibility index (Phi) is 5.76. The van der Waals surface area contributed by atoms with Gasteiger partial charge in [-0.15, -0.1) is 11.8 Å². The van der Waals surface area contributed by atoms with Crippen molar-refractivity contribution < 1.29 is 14.7 Å². The zero-order valence-electron chi connectivity index (χ0n) is 13.9. The summed E-state index contributed by atoms with van der Waals surface area (Å²) in [6, 6.07) is 17.0. The fourth-order valence-corrected chi connectivity index (χ4v) is 3.90. The Labute approximate surface area is 151 Å². The van der Waals surface area contributed by atoms with E-state index in [1.54, 1.807) is 23.9 Å². The van der Waals surface area contributed by atoms with Crippen molar-refractivity contribution in [3.05, 3.63) is 65.7 Å². The lowest BCUT2D eigenvalue weighted by Crippen LogP contribution is -2.47. The quantitative estimate of drug-likeness (QED) is 0.822. The molecule has 2 aromatic carbocycles. The second kappa shape index (κ2) is 8.21. The van der Waals surface area contributed by atoms with Crippen molar-refractivity contribution in [2.24, 2.45) is 0 Å². The molecule has 0 aromatic heterocycles. The average Bonchev–Trinajstić information content (AvgIpc) is 2.67. The number of hydrogen-bond donors (Lipinski definition) is 1. The largest absolute Gasteiger partial charge is 0.480 e. The van der Waals surface area contributed by atoms with E-state index in [9.17, 15) is 14.7 Å². The van der Waals surface area contributed by atoms with Crippen LogP contribution in [0.3, 0.4) is 0 Å². The number of rotatable bonds is 5. The van der Waals surface area contributed by atoms with Gasteiger partial charge in [-0.05, 0) is 49.1 Å². The summed E-state index contributed by atoms with van der Waals surface area (Å²) < 4.78 is 0. The number of hydrogen-bond acceptors (Lipinski definition) is 3. The molecule has 1 aliphatic rings. The van der Waals surface area contributed by atoms with Gasteiger partial charge in [0, 0.05) is 22.8 Å². The van der Waals surface area contributed by atoms with Gasteiger partial charge in [-0.2, -0.15) is 0 Å². The number of carboxylic acid groups (broad SMARTS) is 1. The fourth-order valence-electron chi connectivity index (χ4n) is 3.02. The van der Waals surface area contributed by atoms with Crippen LogP contribution in [-0.4, -0.2) is 34.5 Å². The summed E-state index contributed by atoms with van der Waals surface area (Å²) in [5.41, 5.74) is 1.69. The van der Waals surface area contributed by atoms with E-state index < -0.39 is 12.0 Å². The van der Waals surface area contributed by atoms with Crippen molar-refractivity contribution in [3.8, 4) is 0 Å². The van der Waals surface area contributed by atoms with Crippen LogP contribution in [0.4, 0.5) is 0 Å². The van der Waals surface area contributed by atoms with Gasteiger partial charge in [0.25, 0.3) is 5.91 Å². The number of likely N-dealkylation sites (tertiary alicyclic amines) is 1. The van der Waals surface area contributed by atoms with Crippen LogP contribution in [0.2, 0.25) is 0 Å². The van der Waals surface area contributed by atoms with Gasteiger partial charge in [0.05, 0.1) is 0 Å². The Morgan fingerprint density at radius 1 is 1.04 bits per heavy atom. The Morgan fingerprint density at radius 2 is 1.76 bits per heavy atom. The molecule has 0 bridgehead atoms. The maximum atomic E-state index is 12.7. The lowest BCUT2D eigenvalue weighted by Gasteiger charge is -2.33. The molecule has 0 aliphatic carbocycles. The van der Waals surface area contributed by atoms with Crippen molar-refractivity contribution in [2.75, 3.05) is 6.54 Å². The summed E-state index contributed by atoms with van der Waals surface area (Å²) in [7, 11) is 0. The van der Waals surface area contributed by atoms with E-state index in [1.165, 1.54) is 9.80 Å². The Bertz CT molecular complexity index is 730. The van der Waals surface area contributed by atoms with Gasteiger partial charge < -0.3 is 10.0 Å². The van der Waals surface area contributed by atoms with Crippen molar-refractivity contribution in [1.29, 1.82) is 0 Å². The molecule has 130 valence electrons. The first-order valence-electron chi connectivity index (χ1n) is 8.46. The van der Waals surface area contributed by atoms with Crippen LogP contribution in [0.15, 0.2) is 59.5 Å². The Hall–Kier alpha value is -2.27. The molecular weight excluding hydrogens is 334 g/mol. The van der Waals surface area contributed by atoms with Crippen molar-refractivity contribution >= 4 is 23.6 Å². The highest BCUT2D eigenvalue weighted by Crippen LogP contribution is 2.24. The molecule has 1 fully saturated rings. The van der Waals surface area contributed by atoms with E-state index in [2.05, 4.69) is 12.1 Å². The van der Waals surface area contributed by atoms with Crippen LogP contribution in [0, 0.1) is 0 Å². The number of thioether (sulfide) groups is 1. The topological polar surface area (TPSA) is 57.6 Å². The minimum Gasteiger partial charge on any atom is -0.480 e. The highest BCUT2D eigenvalue weighted by atomic mass is 32.2. The molecule has 1 aliphatic heterocycles. The third-order valence-electron chi connectivity index (χ3n) is 4.40. The number of piperidine rings is 1. The molecule has 3 rings (SSSR count). The normalized spacial score (nSPS) is 17.3. The van der Waals surface area contributed by atoms with E-state index in [1.807, 2.05) is 30.3 Å². The first-order chi connectivity index (χ1) is 12.1. The van der Waals surface area contributed by atoms with E-state index >= 15 is 0 Å². The molecule has 1 saturated heterocycles. The first kappa shape index (κ1) is 17.5. The minimum atomic E-state index is -0.913. The van der Waals surface area contributed by atoms with Crippen LogP contribution in [0.5, 0.6) is 0 Å². The fraction of sp³-hybridized carbons (Fsp3) is 0.300. The molecule has 0 spiro atoms. The van der Waals surface area contributed by atoms with Gasteiger partial charge in [-0.3, -0.25) is 4.79 Å². The molecule has 1 amide bonds. The number of amides is 1.